The van der Waals surface area contributed by atoms with Crippen molar-refractivity contribution in [1.29, 1.82) is 0 Å². The molecule has 1 heterocycles. The second-order valence-electron chi connectivity index (χ2n) is 8.71. The Bertz CT molecular complexity index is 1190. The lowest BCUT2D eigenvalue weighted by atomic mass is 9.95. The molecule has 36 heavy (non-hydrogen) atoms. The summed E-state index contributed by atoms with van der Waals surface area (Å²) in [5.41, 5.74) is 1.24. The largest absolute Gasteiger partial charge is 0.495 e. The molecule has 3 rings (SSSR count). The summed E-state index contributed by atoms with van der Waals surface area (Å²) in [4.78, 5) is 24.8. The molecule has 0 saturated heterocycles. The lowest BCUT2D eigenvalue weighted by molar-refractivity contribution is -0.123. The number of Topliss-reactive ketones (excluding diaryl/α,β-unsaturated/α-hetero) is 1. The van der Waals surface area contributed by atoms with Crippen LogP contribution in [0.15, 0.2) is 42.6 Å². The van der Waals surface area contributed by atoms with Gasteiger partial charge in [-0.2, -0.15) is 18.3 Å². The third-order valence-electron chi connectivity index (χ3n) is 5.91. The van der Waals surface area contributed by atoms with Crippen LogP contribution in [0, 0.1) is 5.92 Å². The van der Waals surface area contributed by atoms with E-state index in [0.29, 0.717) is 34.5 Å². The number of amides is 1. The number of nitrogens with one attached hydrogen (secondary N) is 1. The fourth-order valence-corrected chi connectivity index (χ4v) is 4.34. The molecule has 1 unspecified atom stereocenters. The number of halogens is 4. The number of benzene rings is 2. The molecule has 0 radical (unpaired) electrons. The number of carbonyl (C=O) groups excluding carboxylic acids is 2. The number of aromatic nitrogens is 2. The fraction of sp³-hybridized carbons (Fsp3) is 0.423. The summed E-state index contributed by atoms with van der Waals surface area (Å²) in [6, 6.07) is 9.88. The Kier molecular flexibility index (Phi) is 9.37. The summed E-state index contributed by atoms with van der Waals surface area (Å²) in [5.74, 6) is -0.331. The van der Waals surface area contributed by atoms with Crippen LogP contribution in [0.2, 0.25) is 5.02 Å². The van der Waals surface area contributed by atoms with Gasteiger partial charge < -0.3 is 10.1 Å². The van der Waals surface area contributed by atoms with Crippen LogP contribution >= 0.6 is 11.6 Å². The summed E-state index contributed by atoms with van der Waals surface area (Å²) in [6.45, 7) is 1.28. The molecule has 3 aromatic rings. The minimum Gasteiger partial charge on any atom is -0.495 e. The number of rotatable bonds is 12. The van der Waals surface area contributed by atoms with Gasteiger partial charge >= 0.3 is 6.18 Å². The second-order valence-corrected chi connectivity index (χ2v) is 9.14. The smallest absolute Gasteiger partial charge is 0.405 e. The predicted molar refractivity (Wildman–Crippen MR) is 133 cm³/mol. The third-order valence-corrected chi connectivity index (χ3v) is 6.16. The van der Waals surface area contributed by atoms with E-state index in [0.717, 1.165) is 25.7 Å². The van der Waals surface area contributed by atoms with Gasteiger partial charge in [-0.1, -0.05) is 24.9 Å². The van der Waals surface area contributed by atoms with E-state index in [1.807, 2.05) is 5.32 Å². The Balaban J connectivity index is 1.68. The van der Waals surface area contributed by atoms with Gasteiger partial charge in [-0.25, -0.2) is 0 Å². The highest BCUT2D eigenvalue weighted by atomic mass is 35.5. The molecule has 0 aliphatic carbocycles. The second kappa shape index (κ2) is 12.3. The third kappa shape index (κ3) is 7.46. The van der Waals surface area contributed by atoms with E-state index >= 15 is 0 Å². The van der Waals surface area contributed by atoms with Gasteiger partial charge in [0.1, 0.15) is 12.3 Å². The van der Waals surface area contributed by atoms with Crippen molar-refractivity contribution in [3.63, 3.8) is 0 Å². The molecule has 0 bridgehead atoms. The van der Waals surface area contributed by atoms with Gasteiger partial charge in [-0.15, -0.1) is 0 Å². The van der Waals surface area contributed by atoms with Crippen LogP contribution in [-0.2, 0) is 6.54 Å². The standard InChI is InChI=1S/C26H29ClF3N3O3/c1-3-5-17(6-4-7-23(34)18-8-10-19(27)11-9-18)14-33-15-21-22(32-33)13-12-20(24(21)36-2)25(35)31-16-26(28,29)30/h8-13,15,17H,3-7,14,16H2,1-2H3,(H,31,35). The summed E-state index contributed by atoms with van der Waals surface area (Å²) in [5, 5.41) is 7.59. The van der Waals surface area contributed by atoms with Crippen molar-refractivity contribution >= 4 is 34.2 Å². The summed E-state index contributed by atoms with van der Waals surface area (Å²) < 4.78 is 44.7. The Labute approximate surface area is 212 Å². The Morgan fingerprint density at radius 1 is 1.14 bits per heavy atom. The number of fused-ring (bicyclic) bond motifs is 1. The monoisotopic (exact) mass is 523 g/mol. The summed E-state index contributed by atoms with van der Waals surface area (Å²) >= 11 is 5.89. The highest BCUT2D eigenvalue weighted by molar-refractivity contribution is 6.30. The van der Waals surface area contributed by atoms with E-state index in [2.05, 4.69) is 12.0 Å². The van der Waals surface area contributed by atoms with Crippen LogP contribution in [0.4, 0.5) is 13.2 Å². The first kappa shape index (κ1) is 27.5. The van der Waals surface area contributed by atoms with Gasteiger partial charge in [0.15, 0.2) is 5.78 Å². The van der Waals surface area contributed by atoms with Gasteiger partial charge in [-0.05, 0) is 61.6 Å². The number of methoxy groups -OCH3 is 1. The molecule has 10 heteroatoms. The zero-order valence-electron chi connectivity index (χ0n) is 20.2. The maximum absolute atomic E-state index is 12.5. The first-order chi connectivity index (χ1) is 17.1. The molecule has 194 valence electrons. The minimum atomic E-state index is -4.51. The number of hydrogen-bond donors (Lipinski definition) is 1. The molecule has 0 fully saturated rings. The van der Waals surface area contributed by atoms with Crippen LogP contribution in [0.25, 0.3) is 10.9 Å². The van der Waals surface area contributed by atoms with Gasteiger partial charge in [0.05, 0.1) is 23.6 Å². The lowest BCUT2D eigenvalue weighted by Gasteiger charge is -2.16. The number of ketones is 1. The average Bonchev–Trinajstić information content (AvgIpc) is 3.24. The maximum atomic E-state index is 12.5. The highest BCUT2D eigenvalue weighted by Gasteiger charge is 2.29. The van der Waals surface area contributed by atoms with Crippen molar-refractivity contribution in [2.45, 2.75) is 51.7 Å². The van der Waals surface area contributed by atoms with Gasteiger partial charge in [-0.3, -0.25) is 14.3 Å². The fourth-order valence-electron chi connectivity index (χ4n) is 4.22. The van der Waals surface area contributed by atoms with E-state index in [4.69, 9.17) is 16.3 Å². The Morgan fingerprint density at radius 2 is 1.86 bits per heavy atom. The lowest BCUT2D eigenvalue weighted by Crippen LogP contribution is -2.33. The van der Waals surface area contributed by atoms with Crippen molar-refractivity contribution in [2.75, 3.05) is 13.7 Å². The molecule has 6 nitrogen and oxygen atoms in total. The summed E-state index contributed by atoms with van der Waals surface area (Å²) in [7, 11) is 1.37. The van der Waals surface area contributed by atoms with E-state index in [1.54, 1.807) is 41.2 Å². The molecular weight excluding hydrogens is 495 g/mol. The first-order valence-electron chi connectivity index (χ1n) is 11.8. The molecule has 1 aromatic heterocycles. The zero-order valence-corrected chi connectivity index (χ0v) is 21.0. The highest BCUT2D eigenvalue weighted by Crippen LogP contribution is 2.30. The van der Waals surface area contributed by atoms with Gasteiger partial charge in [0, 0.05) is 29.7 Å². The van der Waals surface area contributed by atoms with Gasteiger partial charge in [0.25, 0.3) is 5.91 Å². The van der Waals surface area contributed by atoms with Crippen LogP contribution in [-0.4, -0.2) is 41.3 Å². The Morgan fingerprint density at radius 3 is 2.50 bits per heavy atom. The molecule has 1 amide bonds. The Hall–Kier alpha value is -3.07. The minimum absolute atomic E-state index is 0.0135. The molecule has 0 aliphatic heterocycles. The number of alkyl halides is 3. The number of nitrogens with zero attached hydrogens (tertiary/aromatic N) is 2. The quantitative estimate of drug-likeness (QED) is 0.276. The molecule has 0 saturated carbocycles. The number of ether oxygens (including phenoxy) is 1. The molecule has 1 N–H and O–H groups in total. The topological polar surface area (TPSA) is 73.2 Å². The van der Waals surface area contributed by atoms with E-state index < -0.39 is 18.6 Å². The molecule has 1 atom stereocenters. The normalized spacial score (nSPS) is 12.5. The molecular formula is C26H29ClF3N3O3. The van der Waals surface area contributed by atoms with Crippen LogP contribution in [0.5, 0.6) is 5.75 Å². The first-order valence-corrected chi connectivity index (χ1v) is 12.2. The zero-order chi connectivity index (χ0) is 26.3. The van der Waals surface area contributed by atoms with E-state index in [1.165, 1.54) is 13.2 Å². The van der Waals surface area contributed by atoms with Crippen molar-refractivity contribution in [3.05, 3.63) is 58.7 Å². The van der Waals surface area contributed by atoms with E-state index in [-0.39, 0.29) is 23.0 Å². The number of carbonyl (C=O) groups is 2. The van der Waals surface area contributed by atoms with Crippen LogP contribution < -0.4 is 10.1 Å². The maximum Gasteiger partial charge on any atom is 0.405 e. The summed E-state index contributed by atoms with van der Waals surface area (Å²) in [6.07, 6.45) is 1.18. The van der Waals surface area contributed by atoms with Crippen LogP contribution in [0.1, 0.15) is 59.7 Å². The van der Waals surface area contributed by atoms with Crippen LogP contribution in [0.3, 0.4) is 0 Å². The molecule has 0 aliphatic rings. The van der Waals surface area contributed by atoms with Crippen molar-refractivity contribution < 1.29 is 27.5 Å². The van der Waals surface area contributed by atoms with E-state index in [9.17, 15) is 22.8 Å². The van der Waals surface area contributed by atoms with Gasteiger partial charge in [0.2, 0.25) is 0 Å². The van der Waals surface area contributed by atoms with Crippen molar-refractivity contribution in [3.8, 4) is 5.75 Å². The average molecular weight is 524 g/mol. The SMILES string of the molecule is CCCC(CCCC(=O)c1ccc(Cl)cc1)Cn1cc2c(OC)c(C(=O)NCC(F)(F)F)ccc2n1. The molecule has 2 aromatic carbocycles. The predicted octanol–water partition coefficient (Wildman–Crippen LogP) is 6.46. The number of hydrogen-bond acceptors (Lipinski definition) is 4. The molecule has 0 spiro atoms. The van der Waals surface area contributed by atoms with Crippen molar-refractivity contribution in [2.24, 2.45) is 5.92 Å². The van der Waals surface area contributed by atoms with Crippen molar-refractivity contribution in [1.82, 2.24) is 15.1 Å².